The number of carbonyl (C=O) groups excluding carboxylic acids is 1. The van der Waals surface area contributed by atoms with Crippen LogP contribution in [0.5, 0.6) is 0 Å². The van der Waals surface area contributed by atoms with Gasteiger partial charge in [0.25, 0.3) is 5.69 Å². The van der Waals surface area contributed by atoms with Crippen molar-refractivity contribution in [3.05, 3.63) is 46.0 Å². The van der Waals surface area contributed by atoms with Crippen molar-refractivity contribution < 1.29 is 9.72 Å². The monoisotopic (exact) mass is 300 g/mol. The molecule has 5 heteroatoms. The van der Waals surface area contributed by atoms with Gasteiger partial charge in [0, 0.05) is 18.1 Å². The summed E-state index contributed by atoms with van der Waals surface area (Å²) in [4.78, 5) is 22.9. The molecule has 0 heterocycles. The van der Waals surface area contributed by atoms with Crippen LogP contribution >= 0.6 is 0 Å². The highest BCUT2D eigenvalue weighted by molar-refractivity contribution is 5.95. The predicted octanol–water partition coefficient (Wildman–Crippen LogP) is 3.83. The maximum atomic E-state index is 12.5. The van der Waals surface area contributed by atoms with Crippen molar-refractivity contribution in [1.29, 1.82) is 0 Å². The number of aryl methyl sites for hydroxylation is 1. The lowest BCUT2D eigenvalue weighted by Crippen LogP contribution is -2.16. The third-order valence-electron chi connectivity index (χ3n) is 4.82. The Bertz CT molecular complexity index is 623. The van der Waals surface area contributed by atoms with E-state index in [-0.39, 0.29) is 17.5 Å². The fourth-order valence-electron chi connectivity index (χ4n) is 3.51. The lowest BCUT2D eigenvalue weighted by molar-refractivity contribution is -0.384. The number of allylic oxidation sites excluding steroid dienone is 2. The normalized spacial score (nSPS) is 28.0. The Labute approximate surface area is 129 Å². The van der Waals surface area contributed by atoms with E-state index in [2.05, 4.69) is 17.5 Å². The van der Waals surface area contributed by atoms with Crippen LogP contribution in [0, 0.1) is 34.8 Å². The van der Waals surface area contributed by atoms with Crippen LogP contribution in [0.4, 0.5) is 11.4 Å². The Morgan fingerprint density at radius 1 is 1.23 bits per heavy atom. The largest absolute Gasteiger partial charge is 0.325 e. The van der Waals surface area contributed by atoms with E-state index in [1.54, 1.807) is 6.07 Å². The van der Waals surface area contributed by atoms with Gasteiger partial charge in [-0.2, -0.15) is 0 Å². The molecule has 22 heavy (non-hydrogen) atoms. The van der Waals surface area contributed by atoms with E-state index in [1.165, 1.54) is 12.1 Å². The molecule has 1 fully saturated rings. The highest BCUT2D eigenvalue weighted by Gasteiger charge is 2.53. The highest BCUT2D eigenvalue weighted by Crippen LogP contribution is 2.53. The van der Waals surface area contributed by atoms with Gasteiger partial charge >= 0.3 is 0 Å². The van der Waals surface area contributed by atoms with Crippen molar-refractivity contribution in [2.45, 2.75) is 32.6 Å². The maximum absolute atomic E-state index is 12.5. The number of hydrogen-bond donors (Lipinski definition) is 1. The average Bonchev–Trinajstić information content (AvgIpc) is 3.12. The Hall–Kier alpha value is -2.17. The molecule has 1 amide bonds. The van der Waals surface area contributed by atoms with E-state index < -0.39 is 4.92 Å². The number of hydrogen-bond acceptors (Lipinski definition) is 3. The SMILES string of the molecule is Cc1ccc([N+](=O)[O-])cc1NC(=O)C1[C@@H]2CC/C=C\CC[C@@H]12. The number of nitrogens with zero attached hydrogens (tertiary/aromatic N) is 1. The fraction of sp³-hybridized carbons (Fsp3) is 0.471. The number of nitro groups is 1. The van der Waals surface area contributed by atoms with Gasteiger partial charge in [-0.05, 0) is 50.0 Å². The van der Waals surface area contributed by atoms with Crippen molar-refractivity contribution in [3.8, 4) is 0 Å². The number of benzene rings is 1. The summed E-state index contributed by atoms with van der Waals surface area (Å²) in [5.74, 6) is 1.03. The summed E-state index contributed by atoms with van der Waals surface area (Å²) in [5, 5.41) is 13.8. The smallest absolute Gasteiger partial charge is 0.271 e. The number of fused-ring (bicyclic) bond motifs is 1. The summed E-state index contributed by atoms with van der Waals surface area (Å²) in [7, 11) is 0. The molecule has 1 saturated carbocycles. The van der Waals surface area contributed by atoms with Crippen LogP contribution in [0.2, 0.25) is 0 Å². The summed E-state index contributed by atoms with van der Waals surface area (Å²) in [5.41, 5.74) is 1.40. The number of nitro benzene ring substituents is 1. The van der Waals surface area contributed by atoms with Gasteiger partial charge in [0.15, 0.2) is 0 Å². The van der Waals surface area contributed by atoms with E-state index in [0.717, 1.165) is 31.2 Å². The van der Waals surface area contributed by atoms with Gasteiger partial charge in [-0.15, -0.1) is 0 Å². The number of non-ortho nitro benzene ring substituents is 1. The van der Waals surface area contributed by atoms with Crippen LogP contribution in [-0.2, 0) is 4.79 Å². The second-order valence-corrected chi connectivity index (χ2v) is 6.23. The zero-order valence-electron chi connectivity index (χ0n) is 12.6. The Morgan fingerprint density at radius 3 is 2.45 bits per heavy atom. The maximum Gasteiger partial charge on any atom is 0.271 e. The molecule has 0 saturated heterocycles. The van der Waals surface area contributed by atoms with E-state index in [0.29, 0.717) is 17.5 Å². The molecule has 0 radical (unpaired) electrons. The third-order valence-corrected chi connectivity index (χ3v) is 4.82. The molecule has 0 aliphatic heterocycles. The first kappa shape index (κ1) is 14.8. The number of rotatable bonds is 3. The number of nitrogens with one attached hydrogen (secondary N) is 1. The van der Waals surface area contributed by atoms with Gasteiger partial charge in [0.05, 0.1) is 10.6 Å². The second-order valence-electron chi connectivity index (χ2n) is 6.23. The first-order valence-electron chi connectivity index (χ1n) is 7.79. The van der Waals surface area contributed by atoms with Crippen molar-refractivity contribution in [2.75, 3.05) is 5.32 Å². The van der Waals surface area contributed by atoms with Gasteiger partial charge in [0.2, 0.25) is 5.91 Å². The van der Waals surface area contributed by atoms with Crippen LogP contribution < -0.4 is 5.32 Å². The minimum atomic E-state index is -0.438. The Morgan fingerprint density at radius 2 is 1.86 bits per heavy atom. The molecule has 1 aromatic carbocycles. The van der Waals surface area contributed by atoms with Crippen molar-refractivity contribution in [3.63, 3.8) is 0 Å². The quantitative estimate of drug-likeness (QED) is 0.524. The van der Waals surface area contributed by atoms with Crippen LogP contribution in [0.1, 0.15) is 31.2 Å². The molecule has 0 spiro atoms. The third kappa shape index (κ3) is 2.89. The molecule has 5 nitrogen and oxygen atoms in total. The summed E-state index contributed by atoms with van der Waals surface area (Å²) in [6.45, 7) is 1.85. The topological polar surface area (TPSA) is 72.2 Å². The Kier molecular flexibility index (Phi) is 3.96. The lowest BCUT2D eigenvalue weighted by Gasteiger charge is -2.08. The van der Waals surface area contributed by atoms with Crippen LogP contribution in [0.15, 0.2) is 30.4 Å². The van der Waals surface area contributed by atoms with E-state index in [1.807, 2.05) is 6.92 Å². The summed E-state index contributed by atoms with van der Waals surface area (Å²) < 4.78 is 0. The fourth-order valence-corrected chi connectivity index (χ4v) is 3.51. The van der Waals surface area contributed by atoms with Crippen molar-refractivity contribution in [1.82, 2.24) is 0 Å². The van der Waals surface area contributed by atoms with Crippen LogP contribution in [-0.4, -0.2) is 10.8 Å². The first-order valence-corrected chi connectivity index (χ1v) is 7.79. The minimum Gasteiger partial charge on any atom is -0.325 e. The molecule has 0 unspecified atom stereocenters. The number of anilines is 1. The average molecular weight is 300 g/mol. The molecule has 0 aromatic heterocycles. The molecule has 2 aliphatic rings. The van der Waals surface area contributed by atoms with Gasteiger partial charge in [-0.25, -0.2) is 0 Å². The zero-order valence-corrected chi connectivity index (χ0v) is 12.6. The number of amides is 1. The van der Waals surface area contributed by atoms with Gasteiger partial charge in [-0.3, -0.25) is 14.9 Å². The predicted molar refractivity (Wildman–Crippen MR) is 84.5 cm³/mol. The molecule has 0 bridgehead atoms. The first-order chi connectivity index (χ1) is 10.6. The van der Waals surface area contributed by atoms with E-state index in [4.69, 9.17) is 0 Å². The van der Waals surface area contributed by atoms with E-state index >= 15 is 0 Å². The molecule has 1 N–H and O–H groups in total. The molecule has 3 rings (SSSR count). The van der Waals surface area contributed by atoms with Crippen LogP contribution in [0.25, 0.3) is 0 Å². The molecule has 116 valence electrons. The zero-order chi connectivity index (χ0) is 15.7. The van der Waals surface area contributed by atoms with Crippen LogP contribution in [0.3, 0.4) is 0 Å². The van der Waals surface area contributed by atoms with Gasteiger partial charge in [-0.1, -0.05) is 18.2 Å². The molecule has 2 atom stereocenters. The lowest BCUT2D eigenvalue weighted by atomic mass is 10.1. The van der Waals surface area contributed by atoms with Crippen molar-refractivity contribution >= 4 is 17.3 Å². The van der Waals surface area contributed by atoms with Gasteiger partial charge < -0.3 is 5.32 Å². The summed E-state index contributed by atoms with van der Waals surface area (Å²) >= 11 is 0. The minimum absolute atomic E-state index is 0.00640. The second kappa shape index (κ2) is 5.91. The van der Waals surface area contributed by atoms with E-state index in [9.17, 15) is 14.9 Å². The summed E-state index contributed by atoms with van der Waals surface area (Å²) in [6, 6.07) is 4.58. The molecule has 2 aliphatic carbocycles. The van der Waals surface area contributed by atoms with Gasteiger partial charge in [0.1, 0.15) is 0 Å². The summed E-state index contributed by atoms with van der Waals surface area (Å²) in [6.07, 6.45) is 8.62. The molecular weight excluding hydrogens is 280 g/mol. The molecule has 1 aromatic rings. The standard InChI is InChI=1S/C17H20N2O3/c1-11-8-9-12(19(21)22)10-15(11)18-17(20)16-13-6-4-2-3-5-7-14(13)16/h2-3,8-10,13-14,16H,4-7H2,1H3,(H,18,20)/b3-2-/t13-,14-/m1/s1. The number of carbonyl (C=O) groups is 1. The highest BCUT2D eigenvalue weighted by atomic mass is 16.6. The molecular formula is C17H20N2O3. The Balaban J connectivity index is 1.70. The van der Waals surface area contributed by atoms with Crippen molar-refractivity contribution in [2.24, 2.45) is 17.8 Å².